The first-order valence-corrected chi connectivity index (χ1v) is 10.1. The molecule has 1 heterocycles. The van der Waals surface area contributed by atoms with E-state index in [2.05, 4.69) is 58.4 Å². The standard InChI is InChI=1S/C25H27FN2O/c1-29-25-13-10-21(23-6-2-3-7-24(23)25)19-28-17-15-27(16-18-28)14-4-5-20-8-11-22(26)12-9-20/h2-13H,14-19H2,1H3/b5-4+. The lowest BCUT2D eigenvalue weighted by Gasteiger charge is -2.34. The van der Waals surface area contributed by atoms with E-state index in [-0.39, 0.29) is 5.82 Å². The first-order chi connectivity index (χ1) is 14.2. The van der Waals surface area contributed by atoms with E-state index in [0.29, 0.717) is 0 Å². The fraction of sp³-hybridized carbons (Fsp3) is 0.280. The predicted octanol–water partition coefficient (Wildman–Crippen LogP) is 4.82. The molecule has 1 aliphatic heterocycles. The monoisotopic (exact) mass is 390 g/mol. The van der Waals surface area contributed by atoms with Gasteiger partial charge in [0.2, 0.25) is 0 Å². The molecule has 0 bridgehead atoms. The zero-order chi connectivity index (χ0) is 20.1. The largest absolute Gasteiger partial charge is 0.496 e. The summed E-state index contributed by atoms with van der Waals surface area (Å²) in [5.41, 5.74) is 2.39. The zero-order valence-corrected chi connectivity index (χ0v) is 16.9. The summed E-state index contributed by atoms with van der Waals surface area (Å²) in [7, 11) is 1.73. The second kappa shape index (κ2) is 9.21. The third-order valence-electron chi connectivity index (χ3n) is 5.60. The van der Waals surface area contributed by atoms with Crippen LogP contribution in [-0.4, -0.2) is 49.6 Å². The topological polar surface area (TPSA) is 15.7 Å². The van der Waals surface area contributed by atoms with E-state index < -0.39 is 0 Å². The molecule has 3 aromatic rings. The maximum absolute atomic E-state index is 13.0. The molecule has 0 spiro atoms. The van der Waals surface area contributed by atoms with Gasteiger partial charge in [-0.25, -0.2) is 4.39 Å². The molecule has 4 heteroatoms. The Hall–Kier alpha value is -2.69. The van der Waals surface area contributed by atoms with Gasteiger partial charge in [-0.3, -0.25) is 9.80 Å². The van der Waals surface area contributed by atoms with Gasteiger partial charge in [-0.2, -0.15) is 0 Å². The quantitative estimate of drug-likeness (QED) is 0.600. The Labute approximate surface area is 172 Å². The van der Waals surface area contributed by atoms with Crippen molar-refractivity contribution in [3.63, 3.8) is 0 Å². The Kier molecular flexibility index (Phi) is 6.23. The van der Waals surface area contributed by atoms with E-state index in [1.54, 1.807) is 7.11 Å². The Balaban J connectivity index is 1.32. The number of ether oxygens (including phenoxy) is 1. The molecular formula is C25H27FN2O. The third-order valence-corrected chi connectivity index (χ3v) is 5.60. The molecule has 3 nitrogen and oxygen atoms in total. The molecule has 1 saturated heterocycles. The maximum Gasteiger partial charge on any atom is 0.126 e. The molecule has 4 rings (SSSR count). The summed E-state index contributed by atoms with van der Waals surface area (Å²) in [6.07, 6.45) is 4.23. The zero-order valence-electron chi connectivity index (χ0n) is 16.9. The molecule has 150 valence electrons. The minimum atomic E-state index is -0.192. The molecule has 0 amide bonds. The molecule has 3 aromatic carbocycles. The van der Waals surface area contributed by atoms with Crippen molar-refractivity contribution in [2.75, 3.05) is 39.8 Å². The van der Waals surface area contributed by atoms with Gasteiger partial charge in [0.15, 0.2) is 0 Å². The number of piperazine rings is 1. The maximum atomic E-state index is 13.0. The summed E-state index contributed by atoms with van der Waals surface area (Å²) in [6, 6.07) is 19.4. The third kappa shape index (κ3) is 4.84. The van der Waals surface area contributed by atoms with E-state index in [4.69, 9.17) is 4.74 Å². The highest BCUT2D eigenvalue weighted by atomic mass is 19.1. The number of nitrogens with zero attached hydrogens (tertiary/aromatic N) is 2. The molecule has 1 fully saturated rings. The predicted molar refractivity (Wildman–Crippen MR) is 118 cm³/mol. The van der Waals surface area contributed by atoms with E-state index in [1.165, 1.54) is 28.5 Å². The average Bonchev–Trinajstić information content (AvgIpc) is 2.76. The van der Waals surface area contributed by atoms with Crippen LogP contribution in [0.15, 0.2) is 66.7 Å². The van der Waals surface area contributed by atoms with Crippen molar-refractivity contribution in [3.05, 3.63) is 83.7 Å². The van der Waals surface area contributed by atoms with E-state index in [0.717, 1.165) is 50.6 Å². The highest BCUT2D eigenvalue weighted by Crippen LogP contribution is 2.29. The Morgan fingerprint density at radius 2 is 1.55 bits per heavy atom. The van der Waals surface area contributed by atoms with Crippen LogP contribution in [0, 0.1) is 5.82 Å². The molecule has 0 aromatic heterocycles. The molecular weight excluding hydrogens is 363 g/mol. The minimum absolute atomic E-state index is 0.192. The van der Waals surface area contributed by atoms with Gasteiger partial charge in [0.25, 0.3) is 0 Å². The van der Waals surface area contributed by atoms with Crippen LogP contribution >= 0.6 is 0 Å². The second-order valence-electron chi connectivity index (χ2n) is 7.50. The van der Waals surface area contributed by atoms with Gasteiger partial charge in [-0.15, -0.1) is 0 Å². The molecule has 0 unspecified atom stereocenters. The van der Waals surface area contributed by atoms with Crippen LogP contribution < -0.4 is 4.74 Å². The lowest BCUT2D eigenvalue weighted by atomic mass is 10.0. The van der Waals surface area contributed by atoms with Gasteiger partial charge < -0.3 is 4.74 Å². The minimum Gasteiger partial charge on any atom is -0.496 e. The summed E-state index contributed by atoms with van der Waals surface area (Å²) >= 11 is 0. The van der Waals surface area contributed by atoms with Crippen LogP contribution in [-0.2, 0) is 6.54 Å². The van der Waals surface area contributed by atoms with E-state index in [1.807, 2.05) is 12.1 Å². The highest BCUT2D eigenvalue weighted by molar-refractivity contribution is 5.91. The van der Waals surface area contributed by atoms with Crippen molar-refractivity contribution >= 4 is 16.8 Å². The van der Waals surface area contributed by atoms with Gasteiger partial charge in [0.05, 0.1) is 7.11 Å². The number of rotatable bonds is 6. The fourth-order valence-corrected chi connectivity index (χ4v) is 3.93. The number of halogens is 1. The summed E-state index contributed by atoms with van der Waals surface area (Å²) < 4.78 is 18.5. The van der Waals surface area contributed by atoms with Crippen molar-refractivity contribution in [2.45, 2.75) is 6.54 Å². The highest BCUT2D eigenvalue weighted by Gasteiger charge is 2.17. The van der Waals surface area contributed by atoms with E-state index in [9.17, 15) is 4.39 Å². The lowest BCUT2D eigenvalue weighted by molar-refractivity contribution is 0.137. The van der Waals surface area contributed by atoms with Gasteiger partial charge in [0.1, 0.15) is 11.6 Å². The van der Waals surface area contributed by atoms with Crippen molar-refractivity contribution in [3.8, 4) is 5.75 Å². The number of benzene rings is 3. The van der Waals surface area contributed by atoms with Crippen molar-refractivity contribution < 1.29 is 9.13 Å². The molecule has 0 saturated carbocycles. The molecule has 0 radical (unpaired) electrons. The summed E-state index contributed by atoms with van der Waals surface area (Å²) in [6.45, 7) is 6.12. The van der Waals surface area contributed by atoms with Crippen molar-refractivity contribution in [1.82, 2.24) is 9.80 Å². The van der Waals surface area contributed by atoms with Crippen molar-refractivity contribution in [2.24, 2.45) is 0 Å². The Morgan fingerprint density at radius 1 is 0.862 bits per heavy atom. The van der Waals surface area contributed by atoms with Crippen LogP contribution in [0.2, 0.25) is 0 Å². The smallest absolute Gasteiger partial charge is 0.126 e. The fourth-order valence-electron chi connectivity index (χ4n) is 3.93. The van der Waals surface area contributed by atoms with Crippen LogP contribution in [0.25, 0.3) is 16.8 Å². The molecule has 0 atom stereocenters. The van der Waals surface area contributed by atoms with Crippen LogP contribution in [0.4, 0.5) is 4.39 Å². The van der Waals surface area contributed by atoms with Gasteiger partial charge in [-0.05, 0) is 34.7 Å². The normalized spacial score (nSPS) is 15.9. The Morgan fingerprint density at radius 3 is 2.28 bits per heavy atom. The summed E-state index contributed by atoms with van der Waals surface area (Å²) in [5, 5.41) is 2.45. The van der Waals surface area contributed by atoms with Crippen LogP contribution in [0.5, 0.6) is 5.75 Å². The van der Waals surface area contributed by atoms with Gasteiger partial charge in [-0.1, -0.05) is 54.6 Å². The SMILES string of the molecule is COc1ccc(CN2CCN(C/C=C/c3ccc(F)cc3)CC2)c2ccccc12. The van der Waals surface area contributed by atoms with Crippen molar-refractivity contribution in [1.29, 1.82) is 0 Å². The second-order valence-corrected chi connectivity index (χ2v) is 7.50. The number of methoxy groups -OCH3 is 1. The number of hydrogen-bond acceptors (Lipinski definition) is 3. The lowest BCUT2D eigenvalue weighted by Crippen LogP contribution is -2.45. The Bertz CT molecular complexity index is 976. The number of fused-ring (bicyclic) bond motifs is 1. The molecule has 0 aliphatic carbocycles. The molecule has 29 heavy (non-hydrogen) atoms. The number of hydrogen-bond donors (Lipinski definition) is 0. The first kappa shape index (κ1) is 19.6. The van der Waals surface area contributed by atoms with Gasteiger partial charge >= 0.3 is 0 Å². The molecule has 0 N–H and O–H groups in total. The molecule has 1 aliphatic rings. The first-order valence-electron chi connectivity index (χ1n) is 10.1. The average molecular weight is 391 g/mol. The summed E-state index contributed by atoms with van der Waals surface area (Å²) in [5.74, 6) is 0.741. The summed E-state index contributed by atoms with van der Waals surface area (Å²) in [4.78, 5) is 4.98. The van der Waals surface area contributed by atoms with E-state index >= 15 is 0 Å². The van der Waals surface area contributed by atoms with Gasteiger partial charge in [0, 0.05) is 44.7 Å². The van der Waals surface area contributed by atoms with Crippen LogP contribution in [0.1, 0.15) is 11.1 Å². The van der Waals surface area contributed by atoms with Crippen LogP contribution in [0.3, 0.4) is 0 Å².